The zero-order chi connectivity index (χ0) is 14.0. The Hall–Kier alpha value is -1.88. The van der Waals surface area contributed by atoms with E-state index in [9.17, 15) is 4.79 Å². The molecule has 4 heterocycles. The standard InChI is InChI=1S/C16H18N4O/c21-16(15-12-3-1-2-4-13(12)17-18-15)20-11-7-10-5-6-19(8-11)9-14(10)20/h1-4,10-11,14H,5-9H2,(H,17,18)/t10?,11-,14?/m0/s1. The third kappa shape index (κ3) is 1.55. The molecule has 3 aliphatic rings. The molecule has 108 valence electrons. The smallest absolute Gasteiger partial charge is 0.275 e. The van der Waals surface area contributed by atoms with Gasteiger partial charge in [-0.25, -0.2) is 0 Å². The van der Waals surface area contributed by atoms with Gasteiger partial charge in [-0.3, -0.25) is 14.8 Å². The maximum Gasteiger partial charge on any atom is 0.275 e. The fourth-order valence-electron chi connectivity index (χ4n) is 4.56. The van der Waals surface area contributed by atoms with Crippen molar-refractivity contribution >= 4 is 16.8 Å². The predicted octanol–water partition coefficient (Wildman–Crippen LogP) is 1.48. The topological polar surface area (TPSA) is 52.2 Å². The largest absolute Gasteiger partial charge is 0.328 e. The summed E-state index contributed by atoms with van der Waals surface area (Å²) in [6.45, 7) is 3.31. The van der Waals surface area contributed by atoms with Crippen molar-refractivity contribution in [3.8, 4) is 0 Å². The van der Waals surface area contributed by atoms with Gasteiger partial charge in [-0.15, -0.1) is 0 Å². The first-order valence-electron chi connectivity index (χ1n) is 7.79. The monoisotopic (exact) mass is 282 g/mol. The van der Waals surface area contributed by atoms with Crippen LogP contribution in [0.25, 0.3) is 10.9 Å². The van der Waals surface area contributed by atoms with Crippen LogP contribution in [0.4, 0.5) is 0 Å². The van der Waals surface area contributed by atoms with E-state index in [1.54, 1.807) is 0 Å². The molecule has 2 aromatic rings. The number of amides is 1. The summed E-state index contributed by atoms with van der Waals surface area (Å²) >= 11 is 0. The van der Waals surface area contributed by atoms with E-state index >= 15 is 0 Å². The summed E-state index contributed by atoms with van der Waals surface area (Å²) in [6, 6.07) is 8.67. The minimum atomic E-state index is 0.117. The second kappa shape index (κ2) is 4.07. The molecule has 0 saturated carbocycles. The molecule has 4 atom stereocenters. The molecule has 3 bridgehead atoms. The van der Waals surface area contributed by atoms with E-state index in [0.717, 1.165) is 24.0 Å². The van der Waals surface area contributed by atoms with Gasteiger partial charge in [0.1, 0.15) is 0 Å². The summed E-state index contributed by atoms with van der Waals surface area (Å²) < 4.78 is 0. The Kier molecular flexibility index (Phi) is 2.28. The zero-order valence-electron chi connectivity index (χ0n) is 11.8. The molecule has 1 amide bonds. The molecule has 1 N–H and O–H groups in total. The molecule has 21 heavy (non-hydrogen) atoms. The number of aromatic amines is 1. The lowest BCUT2D eigenvalue weighted by molar-refractivity contribution is 0.0258. The quantitative estimate of drug-likeness (QED) is 0.862. The molecular weight excluding hydrogens is 264 g/mol. The van der Waals surface area contributed by atoms with Crippen molar-refractivity contribution in [3.63, 3.8) is 0 Å². The number of hydrogen-bond acceptors (Lipinski definition) is 3. The Labute approximate surface area is 122 Å². The van der Waals surface area contributed by atoms with Gasteiger partial charge in [0.25, 0.3) is 5.91 Å². The number of aromatic nitrogens is 2. The van der Waals surface area contributed by atoms with Crippen LogP contribution in [0.3, 0.4) is 0 Å². The number of piperazine rings is 1. The van der Waals surface area contributed by atoms with Crippen molar-refractivity contribution in [2.24, 2.45) is 5.92 Å². The first-order valence-corrected chi connectivity index (χ1v) is 7.79. The van der Waals surface area contributed by atoms with Gasteiger partial charge < -0.3 is 4.90 Å². The summed E-state index contributed by atoms with van der Waals surface area (Å²) in [6.07, 6.45) is 2.42. The highest BCUT2D eigenvalue weighted by Gasteiger charge is 2.51. The first kappa shape index (κ1) is 11.7. The maximum absolute atomic E-state index is 13.0. The highest BCUT2D eigenvalue weighted by molar-refractivity contribution is 6.05. The number of rotatable bonds is 1. The molecule has 3 saturated heterocycles. The van der Waals surface area contributed by atoms with Crippen molar-refractivity contribution in [2.45, 2.75) is 24.9 Å². The van der Waals surface area contributed by atoms with Crippen LogP contribution in [0.1, 0.15) is 23.3 Å². The van der Waals surface area contributed by atoms with Crippen LogP contribution in [0.15, 0.2) is 24.3 Å². The number of nitrogens with zero attached hydrogens (tertiary/aromatic N) is 3. The second-order valence-electron chi connectivity index (χ2n) is 6.60. The Morgan fingerprint density at radius 2 is 2.19 bits per heavy atom. The van der Waals surface area contributed by atoms with E-state index in [0.29, 0.717) is 23.7 Å². The average Bonchev–Trinajstić information content (AvgIpc) is 2.96. The van der Waals surface area contributed by atoms with Crippen LogP contribution in [-0.2, 0) is 0 Å². The van der Waals surface area contributed by atoms with Gasteiger partial charge >= 0.3 is 0 Å². The Bertz CT molecular complexity index is 720. The van der Waals surface area contributed by atoms with Gasteiger partial charge in [0, 0.05) is 30.6 Å². The van der Waals surface area contributed by atoms with Crippen LogP contribution in [-0.4, -0.2) is 57.6 Å². The highest BCUT2D eigenvalue weighted by Crippen LogP contribution is 2.41. The van der Waals surface area contributed by atoms with Crippen molar-refractivity contribution in [2.75, 3.05) is 19.6 Å². The van der Waals surface area contributed by atoms with E-state index in [-0.39, 0.29) is 5.91 Å². The fourth-order valence-corrected chi connectivity index (χ4v) is 4.56. The van der Waals surface area contributed by atoms with E-state index < -0.39 is 0 Å². The van der Waals surface area contributed by atoms with Crippen molar-refractivity contribution in [1.29, 1.82) is 0 Å². The summed E-state index contributed by atoms with van der Waals surface area (Å²) in [7, 11) is 0. The van der Waals surface area contributed by atoms with Gasteiger partial charge in [-0.2, -0.15) is 5.10 Å². The lowest BCUT2D eigenvalue weighted by Crippen LogP contribution is -2.58. The normalized spacial score (nSPS) is 33.8. The van der Waals surface area contributed by atoms with E-state index in [1.807, 2.05) is 24.3 Å². The number of hydrogen-bond donors (Lipinski definition) is 1. The third-order valence-corrected chi connectivity index (χ3v) is 5.51. The number of piperidine rings is 1. The SMILES string of the molecule is O=C(c1n[nH]c2ccccc12)N1C2C[N@]3CCC2C[C@H]1C3. The Morgan fingerprint density at radius 1 is 1.29 bits per heavy atom. The summed E-state index contributed by atoms with van der Waals surface area (Å²) in [4.78, 5) is 17.7. The molecule has 0 aliphatic carbocycles. The highest BCUT2D eigenvalue weighted by atomic mass is 16.2. The van der Waals surface area contributed by atoms with Crippen LogP contribution in [0.2, 0.25) is 0 Å². The molecule has 5 rings (SSSR count). The van der Waals surface area contributed by atoms with Crippen molar-refractivity contribution in [3.05, 3.63) is 30.0 Å². The number of H-pyrrole nitrogens is 1. The number of fused-ring (bicyclic) bond motifs is 3. The summed E-state index contributed by atoms with van der Waals surface area (Å²) in [5.41, 5.74) is 1.53. The minimum Gasteiger partial charge on any atom is -0.328 e. The Balaban J connectivity index is 1.55. The van der Waals surface area contributed by atoms with Gasteiger partial charge in [-0.05, 0) is 31.4 Å². The minimum absolute atomic E-state index is 0.117. The van der Waals surface area contributed by atoms with Crippen LogP contribution < -0.4 is 0 Å². The molecule has 3 aliphatic heterocycles. The molecule has 0 spiro atoms. The van der Waals surface area contributed by atoms with Crippen LogP contribution >= 0.6 is 0 Å². The fraction of sp³-hybridized carbons (Fsp3) is 0.500. The number of carbonyl (C=O) groups is 1. The average molecular weight is 282 g/mol. The van der Waals surface area contributed by atoms with Gasteiger partial charge in [0.2, 0.25) is 0 Å². The molecule has 5 nitrogen and oxygen atoms in total. The molecule has 1 aromatic carbocycles. The molecule has 0 radical (unpaired) electrons. The summed E-state index contributed by atoms with van der Waals surface area (Å²) in [5, 5.41) is 8.23. The lowest BCUT2D eigenvalue weighted by atomic mass is 9.93. The number of nitrogens with one attached hydrogen (secondary N) is 1. The lowest BCUT2D eigenvalue weighted by Gasteiger charge is -2.44. The number of para-hydroxylation sites is 1. The van der Waals surface area contributed by atoms with E-state index in [2.05, 4.69) is 20.0 Å². The molecule has 3 fully saturated rings. The van der Waals surface area contributed by atoms with E-state index in [1.165, 1.54) is 19.4 Å². The molecule has 5 heteroatoms. The van der Waals surface area contributed by atoms with Crippen LogP contribution in [0, 0.1) is 5.92 Å². The van der Waals surface area contributed by atoms with Gasteiger partial charge in [0.15, 0.2) is 5.69 Å². The summed E-state index contributed by atoms with van der Waals surface area (Å²) in [5.74, 6) is 0.814. The van der Waals surface area contributed by atoms with Gasteiger partial charge in [0.05, 0.1) is 5.52 Å². The zero-order valence-corrected chi connectivity index (χ0v) is 11.8. The number of carbonyl (C=O) groups excluding carboxylic acids is 1. The van der Waals surface area contributed by atoms with E-state index in [4.69, 9.17) is 0 Å². The van der Waals surface area contributed by atoms with Crippen molar-refractivity contribution in [1.82, 2.24) is 20.0 Å². The predicted molar refractivity (Wildman–Crippen MR) is 79.0 cm³/mol. The Morgan fingerprint density at radius 3 is 3.14 bits per heavy atom. The second-order valence-corrected chi connectivity index (χ2v) is 6.60. The third-order valence-electron chi connectivity index (χ3n) is 5.51. The van der Waals surface area contributed by atoms with Crippen LogP contribution in [0.5, 0.6) is 0 Å². The van der Waals surface area contributed by atoms with Crippen molar-refractivity contribution < 1.29 is 4.79 Å². The number of benzene rings is 1. The molecule has 2 unspecified atom stereocenters. The first-order chi connectivity index (χ1) is 10.3. The molecular formula is C16H18N4O. The molecule has 1 aromatic heterocycles. The van der Waals surface area contributed by atoms with Gasteiger partial charge in [-0.1, -0.05) is 18.2 Å². The maximum atomic E-state index is 13.0.